The van der Waals surface area contributed by atoms with Crippen LogP contribution in [0.15, 0.2) is 30.9 Å². The Morgan fingerprint density at radius 2 is 2.25 bits per heavy atom. The lowest BCUT2D eigenvalue weighted by Crippen LogP contribution is -2.25. The number of rotatable bonds is 5. The minimum Gasteiger partial charge on any atom is -0.348 e. The standard InChI is InChI=1S/C13H17N7/c1-19(2)6-4-14-12-3-5-20-13(18-12)11(9-17-20)10-7-15-16-8-10/h3,5,7-9H,4,6H2,1-2H3,(H2,14,15,16,17,18)/p+1. The van der Waals surface area contributed by atoms with E-state index in [0.29, 0.717) is 0 Å². The number of aromatic amines is 2. The number of H-pyrrole nitrogens is 2. The van der Waals surface area contributed by atoms with Gasteiger partial charge < -0.3 is 10.2 Å². The molecule has 0 saturated carbocycles. The normalized spacial score (nSPS) is 11.3. The molecule has 20 heavy (non-hydrogen) atoms. The molecule has 0 bridgehead atoms. The number of nitrogens with one attached hydrogen (secondary N) is 3. The molecular weight excluding hydrogens is 254 g/mol. The molecule has 0 aliphatic carbocycles. The average Bonchev–Trinajstić information content (AvgIpc) is 3.06. The predicted octanol–water partition coefficient (Wildman–Crippen LogP) is 0.512. The first-order chi connectivity index (χ1) is 9.74. The van der Waals surface area contributed by atoms with Gasteiger partial charge in [0.2, 0.25) is 5.82 Å². The average molecular weight is 272 g/mol. The van der Waals surface area contributed by atoms with Crippen molar-refractivity contribution in [1.82, 2.24) is 25.2 Å². The van der Waals surface area contributed by atoms with Gasteiger partial charge in [-0.25, -0.2) is 5.10 Å². The van der Waals surface area contributed by atoms with Crippen molar-refractivity contribution >= 4 is 11.5 Å². The van der Waals surface area contributed by atoms with E-state index in [9.17, 15) is 0 Å². The Labute approximate surface area is 116 Å². The number of hydrogen-bond acceptors (Lipinski definition) is 4. The van der Waals surface area contributed by atoms with Crippen LogP contribution in [0, 0.1) is 0 Å². The minimum absolute atomic E-state index is 0.863. The molecule has 3 rings (SSSR count). The molecule has 0 atom stereocenters. The van der Waals surface area contributed by atoms with E-state index in [-0.39, 0.29) is 0 Å². The van der Waals surface area contributed by atoms with E-state index in [1.54, 1.807) is 6.20 Å². The third kappa shape index (κ3) is 2.48. The maximum atomic E-state index is 4.65. The van der Waals surface area contributed by atoms with Gasteiger partial charge in [-0.3, -0.25) is 5.10 Å². The van der Waals surface area contributed by atoms with E-state index in [0.717, 1.165) is 35.7 Å². The number of nitrogens with zero attached hydrogens (tertiary/aromatic N) is 4. The van der Waals surface area contributed by atoms with Crippen molar-refractivity contribution in [3.63, 3.8) is 0 Å². The second kappa shape index (κ2) is 5.30. The summed E-state index contributed by atoms with van der Waals surface area (Å²) in [5.74, 6) is 0.871. The summed E-state index contributed by atoms with van der Waals surface area (Å²) in [5.41, 5.74) is 2.91. The highest BCUT2D eigenvalue weighted by molar-refractivity contribution is 5.73. The van der Waals surface area contributed by atoms with E-state index in [1.807, 2.05) is 29.2 Å². The maximum absolute atomic E-state index is 4.65. The van der Waals surface area contributed by atoms with Crippen LogP contribution in [0.3, 0.4) is 0 Å². The third-order valence-electron chi connectivity index (χ3n) is 3.10. The van der Waals surface area contributed by atoms with Crippen molar-refractivity contribution in [1.29, 1.82) is 0 Å². The molecule has 0 aliphatic heterocycles. The van der Waals surface area contributed by atoms with E-state index in [2.05, 4.69) is 44.6 Å². The summed E-state index contributed by atoms with van der Waals surface area (Å²) in [6, 6.07) is 1.96. The Kier molecular flexibility index (Phi) is 3.34. The lowest BCUT2D eigenvalue weighted by Gasteiger charge is -2.08. The quantitative estimate of drug-likeness (QED) is 0.592. The molecule has 3 aromatic heterocycles. The van der Waals surface area contributed by atoms with Gasteiger partial charge in [0, 0.05) is 30.9 Å². The number of aromatic nitrogens is 5. The van der Waals surface area contributed by atoms with Crippen LogP contribution >= 0.6 is 0 Å². The van der Waals surface area contributed by atoms with E-state index in [1.165, 1.54) is 0 Å². The van der Waals surface area contributed by atoms with Crippen LogP contribution in [0.4, 0.5) is 5.82 Å². The van der Waals surface area contributed by atoms with Gasteiger partial charge in [-0.1, -0.05) is 0 Å². The molecule has 0 fully saturated rings. The van der Waals surface area contributed by atoms with Crippen molar-refractivity contribution in [3.8, 4) is 11.1 Å². The summed E-state index contributed by atoms with van der Waals surface area (Å²) in [7, 11) is 4.11. The molecule has 0 aliphatic rings. The zero-order valence-electron chi connectivity index (χ0n) is 11.6. The number of hydrogen-bond donors (Lipinski definition) is 3. The highest BCUT2D eigenvalue weighted by Crippen LogP contribution is 2.19. The molecule has 7 heteroatoms. The molecule has 0 aromatic carbocycles. The summed E-state index contributed by atoms with van der Waals surface area (Å²) < 4.78 is 1.89. The second-order valence-corrected chi connectivity index (χ2v) is 4.91. The molecular formula is C13H18N7+. The largest absolute Gasteiger partial charge is 0.358 e. The van der Waals surface area contributed by atoms with Crippen molar-refractivity contribution in [2.45, 2.75) is 0 Å². The van der Waals surface area contributed by atoms with Gasteiger partial charge in [0.15, 0.2) is 0 Å². The summed E-state index contributed by atoms with van der Waals surface area (Å²) in [4.78, 5) is 6.78. The third-order valence-corrected chi connectivity index (χ3v) is 3.10. The van der Waals surface area contributed by atoms with Gasteiger partial charge in [0.05, 0.1) is 12.4 Å². The van der Waals surface area contributed by atoms with Crippen molar-refractivity contribution in [2.24, 2.45) is 0 Å². The molecule has 0 saturated heterocycles. The first kappa shape index (κ1) is 12.6. The predicted molar refractivity (Wildman–Crippen MR) is 76.4 cm³/mol. The number of fused-ring (bicyclic) bond motifs is 1. The van der Waals surface area contributed by atoms with Gasteiger partial charge >= 0.3 is 5.65 Å². The van der Waals surface area contributed by atoms with Crippen LogP contribution in [0.5, 0.6) is 0 Å². The minimum atomic E-state index is 0.863. The topological polar surface area (TPSA) is 76.7 Å². The lowest BCUT2D eigenvalue weighted by molar-refractivity contribution is -0.578. The van der Waals surface area contributed by atoms with E-state index < -0.39 is 0 Å². The number of likely N-dealkylation sites (N-methyl/N-ethyl adjacent to an activating group) is 1. The van der Waals surface area contributed by atoms with Crippen LogP contribution in [0.2, 0.25) is 0 Å². The van der Waals surface area contributed by atoms with Gasteiger partial charge in [-0.15, -0.1) is 4.52 Å². The summed E-state index contributed by atoms with van der Waals surface area (Å²) >= 11 is 0. The first-order valence-electron chi connectivity index (χ1n) is 6.51. The molecule has 3 aromatic rings. The molecule has 0 radical (unpaired) electrons. The fraction of sp³-hybridized carbons (Fsp3) is 0.308. The first-order valence-corrected chi connectivity index (χ1v) is 6.51. The summed E-state index contributed by atoms with van der Waals surface area (Å²) in [6.45, 7) is 1.83. The molecule has 0 amide bonds. The lowest BCUT2D eigenvalue weighted by atomic mass is 10.2. The summed E-state index contributed by atoms with van der Waals surface area (Å²) in [5, 5.41) is 13.3. The Hall–Kier alpha value is -2.41. The second-order valence-electron chi connectivity index (χ2n) is 4.91. The molecule has 0 unspecified atom stereocenters. The smallest absolute Gasteiger partial charge is 0.348 e. The molecule has 104 valence electrons. The fourth-order valence-corrected chi connectivity index (χ4v) is 2.03. The summed E-state index contributed by atoms with van der Waals surface area (Å²) in [6.07, 6.45) is 7.54. The molecule has 7 nitrogen and oxygen atoms in total. The van der Waals surface area contributed by atoms with Crippen LogP contribution in [-0.2, 0) is 0 Å². The molecule has 3 N–H and O–H groups in total. The van der Waals surface area contributed by atoms with Gasteiger partial charge in [-0.2, -0.15) is 5.10 Å². The van der Waals surface area contributed by atoms with Crippen molar-refractivity contribution < 1.29 is 4.52 Å². The Bertz CT molecular complexity index is 684. The van der Waals surface area contributed by atoms with Crippen LogP contribution in [0.25, 0.3) is 16.8 Å². The van der Waals surface area contributed by atoms with E-state index >= 15 is 0 Å². The monoisotopic (exact) mass is 272 g/mol. The Balaban J connectivity index is 1.87. The van der Waals surface area contributed by atoms with Gasteiger partial charge in [0.1, 0.15) is 11.8 Å². The van der Waals surface area contributed by atoms with Crippen LogP contribution in [0.1, 0.15) is 0 Å². The molecule has 0 spiro atoms. The van der Waals surface area contributed by atoms with Gasteiger partial charge in [0.25, 0.3) is 0 Å². The van der Waals surface area contributed by atoms with Crippen molar-refractivity contribution in [2.75, 3.05) is 32.5 Å². The Morgan fingerprint density at radius 3 is 3.00 bits per heavy atom. The SMILES string of the molecule is CN(C)CCNc1cc[n+]2[nH]cc(-c3cn[nH]c3)c2n1. The Morgan fingerprint density at radius 1 is 1.35 bits per heavy atom. The number of anilines is 1. The van der Waals surface area contributed by atoms with Crippen molar-refractivity contribution in [3.05, 3.63) is 30.9 Å². The fourth-order valence-electron chi connectivity index (χ4n) is 2.03. The zero-order chi connectivity index (χ0) is 13.9. The van der Waals surface area contributed by atoms with E-state index in [4.69, 9.17) is 0 Å². The van der Waals surface area contributed by atoms with Crippen LogP contribution in [-0.4, -0.2) is 52.4 Å². The highest BCUT2D eigenvalue weighted by Gasteiger charge is 2.17. The maximum Gasteiger partial charge on any atom is 0.358 e. The highest BCUT2D eigenvalue weighted by atomic mass is 15.3. The van der Waals surface area contributed by atoms with Crippen LogP contribution < -0.4 is 9.83 Å². The zero-order valence-corrected chi connectivity index (χ0v) is 11.6. The molecule has 3 heterocycles. The van der Waals surface area contributed by atoms with Gasteiger partial charge in [-0.05, 0) is 19.1 Å².